The van der Waals surface area contributed by atoms with Crippen molar-refractivity contribution in [2.45, 2.75) is 13.5 Å². The van der Waals surface area contributed by atoms with Crippen molar-refractivity contribution in [3.63, 3.8) is 0 Å². The number of aromatic nitrogens is 4. The molecule has 0 N–H and O–H groups in total. The minimum Gasteiger partial charge on any atom is -0.326 e. The van der Waals surface area contributed by atoms with Crippen LogP contribution in [0.5, 0.6) is 0 Å². The Labute approximate surface area is 153 Å². The third-order valence-electron chi connectivity index (χ3n) is 4.75. The van der Waals surface area contributed by atoms with Gasteiger partial charge in [0.2, 0.25) is 0 Å². The Kier molecular flexibility index (Phi) is 3.40. The number of para-hydroxylation sites is 1. The van der Waals surface area contributed by atoms with Crippen LogP contribution in [0.4, 0.5) is 8.78 Å². The zero-order valence-corrected chi connectivity index (χ0v) is 14.4. The van der Waals surface area contributed by atoms with Crippen molar-refractivity contribution in [1.29, 1.82) is 0 Å². The number of rotatable bonds is 2. The minimum absolute atomic E-state index is 0.267. The quantitative estimate of drug-likeness (QED) is 0.462. The van der Waals surface area contributed by atoms with Crippen LogP contribution < -0.4 is 0 Å². The number of hydrogen-bond donors (Lipinski definition) is 0. The first kappa shape index (κ1) is 15.8. The van der Waals surface area contributed by atoms with Crippen LogP contribution in [0.25, 0.3) is 34.4 Å². The molecule has 4 aromatic rings. The fraction of sp³-hybridized carbons (Fsp3) is 0.0952. The molecule has 6 heteroatoms. The van der Waals surface area contributed by atoms with Gasteiger partial charge in [0.25, 0.3) is 0 Å². The number of halogens is 2. The molecular formula is C21H14F2N4. The van der Waals surface area contributed by atoms with Gasteiger partial charge in [0.15, 0.2) is 5.82 Å². The van der Waals surface area contributed by atoms with Gasteiger partial charge in [-0.2, -0.15) is 0 Å². The molecule has 0 fully saturated rings. The van der Waals surface area contributed by atoms with E-state index in [1.165, 1.54) is 12.1 Å². The molecule has 27 heavy (non-hydrogen) atoms. The zero-order valence-electron chi connectivity index (χ0n) is 14.4. The molecule has 0 saturated heterocycles. The average molecular weight is 360 g/mol. The predicted molar refractivity (Wildman–Crippen MR) is 99.9 cm³/mol. The lowest BCUT2D eigenvalue weighted by molar-refractivity contribution is 0.630. The number of imidazole rings is 1. The Balaban J connectivity index is 1.52. The fourth-order valence-corrected chi connectivity index (χ4v) is 3.50. The van der Waals surface area contributed by atoms with Crippen molar-refractivity contribution >= 4 is 23.1 Å². The second-order valence-electron chi connectivity index (χ2n) is 6.53. The molecule has 2 aromatic heterocycles. The van der Waals surface area contributed by atoms with E-state index < -0.39 is 0 Å². The lowest BCUT2D eigenvalue weighted by Gasteiger charge is -2.03. The summed E-state index contributed by atoms with van der Waals surface area (Å²) in [7, 11) is 0. The molecule has 2 aromatic carbocycles. The van der Waals surface area contributed by atoms with Gasteiger partial charge >= 0.3 is 0 Å². The van der Waals surface area contributed by atoms with E-state index in [0.29, 0.717) is 46.0 Å². The molecule has 0 amide bonds. The summed E-state index contributed by atoms with van der Waals surface area (Å²) in [5.41, 5.74) is 3.17. The summed E-state index contributed by atoms with van der Waals surface area (Å²) in [5.74, 6) is 0.381. The molecule has 0 radical (unpaired) electrons. The highest BCUT2D eigenvalue weighted by atomic mass is 19.1. The van der Waals surface area contributed by atoms with Crippen LogP contribution in [-0.2, 0) is 6.54 Å². The average Bonchev–Trinajstić information content (AvgIpc) is 3.18. The van der Waals surface area contributed by atoms with Crippen LogP contribution in [0.15, 0.2) is 42.6 Å². The maximum Gasteiger partial charge on any atom is 0.153 e. The van der Waals surface area contributed by atoms with Gasteiger partial charge in [-0.3, -0.25) is 0 Å². The third-order valence-corrected chi connectivity index (χ3v) is 4.75. The van der Waals surface area contributed by atoms with E-state index in [9.17, 15) is 8.78 Å². The lowest BCUT2D eigenvalue weighted by Crippen LogP contribution is -1.95. The number of fused-ring (bicyclic) bond motifs is 4. The maximum atomic E-state index is 14.1. The van der Waals surface area contributed by atoms with E-state index in [4.69, 9.17) is 0 Å². The van der Waals surface area contributed by atoms with E-state index in [0.717, 1.165) is 5.56 Å². The highest BCUT2D eigenvalue weighted by molar-refractivity contribution is 5.82. The summed E-state index contributed by atoms with van der Waals surface area (Å²) in [5, 5.41) is 0.695. The summed E-state index contributed by atoms with van der Waals surface area (Å²) in [6.07, 6.45) is 5.31. The molecule has 4 nitrogen and oxygen atoms in total. The van der Waals surface area contributed by atoms with E-state index in [1.807, 2.05) is 23.8 Å². The molecule has 5 rings (SSSR count). The Morgan fingerprint density at radius 3 is 2.67 bits per heavy atom. The van der Waals surface area contributed by atoms with Gasteiger partial charge in [-0.05, 0) is 36.8 Å². The third kappa shape index (κ3) is 2.52. The lowest BCUT2D eigenvalue weighted by atomic mass is 10.1. The molecule has 1 aliphatic rings. The Hall–Kier alpha value is -3.41. The van der Waals surface area contributed by atoms with Crippen molar-refractivity contribution in [2.24, 2.45) is 0 Å². The molecule has 0 atom stereocenters. The van der Waals surface area contributed by atoms with Crippen LogP contribution >= 0.6 is 0 Å². The number of hydrogen-bond acceptors (Lipinski definition) is 3. The van der Waals surface area contributed by atoms with Gasteiger partial charge < -0.3 is 4.57 Å². The van der Waals surface area contributed by atoms with Crippen LogP contribution in [0.3, 0.4) is 0 Å². The topological polar surface area (TPSA) is 43.6 Å². The number of aryl methyl sites for hydroxylation is 1. The maximum absolute atomic E-state index is 14.1. The van der Waals surface area contributed by atoms with E-state index >= 15 is 0 Å². The summed E-state index contributed by atoms with van der Waals surface area (Å²) in [6, 6.07) is 9.89. The smallest absolute Gasteiger partial charge is 0.153 e. The zero-order chi connectivity index (χ0) is 18.5. The number of benzene rings is 2. The van der Waals surface area contributed by atoms with Crippen LogP contribution in [-0.4, -0.2) is 19.5 Å². The Morgan fingerprint density at radius 1 is 0.963 bits per heavy atom. The first-order valence-corrected chi connectivity index (χ1v) is 8.56. The van der Waals surface area contributed by atoms with Crippen LogP contribution in [0.2, 0.25) is 0 Å². The SMILES string of the molecule is Cc1nc(C=Cc2cn3c(n2)-c2c(F)cccc2C3)nc2c(F)cccc12. The molecule has 0 bridgehead atoms. The molecule has 0 spiro atoms. The van der Waals surface area contributed by atoms with Gasteiger partial charge in [0, 0.05) is 23.8 Å². The van der Waals surface area contributed by atoms with E-state index in [1.54, 1.807) is 30.4 Å². The van der Waals surface area contributed by atoms with Gasteiger partial charge in [-0.1, -0.05) is 24.3 Å². The summed E-state index contributed by atoms with van der Waals surface area (Å²) in [6.45, 7) is 2.42. The molecule has 0 unspecified atom stereocenters. The van der Waals surface area contributed by atoms with Crippen molar-refractivity contribution in [3.05, 3.63) is 77.0 Å². The van der Waals surface area contributed by atoms with E-state index in [-0.39, 0.29) is 11.6 Å². The van der Waals surface area contributed by atoms with Crippen LogP contribution in [0.1, 0.15) is 22.8 Å². The predicted octanol–water partition coefficient (Wildman–Crippen LogP) is 4.61. The van der Waals surface area contributed by atoms with Crippen molar-refractivity contribution in [1.82, 2.24) is 19.5 Å². The Bertz CT molecular complexity index is 1240. The molecule has 0 aliphatic carbocycles. The number of nitrogens with zero attached hydrogens (tertiary/aromatic N) is 4. The molecule has 1 aliphatic heterocycles. The van der Waals surface area contributed by atoms with Gasteiger partial charge in [-0.25, -0.2) is 23.7 Å². The second-order valence-corrected chi connectivity index (χ2v) is 6.53. The molecule has 3 heterocycles. The van der Waals surface area contributed by atoms with Crippen molar-refractivity contribution in [2.75, 3.05) is 0 Å². The highest BCUT2D eigenvalue weighted by Gasteiger charge is 2.23. The normalized spacial score (nSPS) is 12.7. The first-order chi connectivity index (χ1) is 13.1. The Morgan fingerprint density at radius 2 is 1.78 bits per heavy atom. The summed E-state index contributed by atoms with van der Waals surface area (Å²) < 4.78 is 30.1. The fourth-order valence-electron chi connectivity index (χ4n) is 3.50. The summed E-state index contributed by atoms with van der Waals surface area (Å²) >= 11 is 0. The van der Waals surface area contributed by atoms with Crippen molar-refractivity contribution < 1.29 is 8.78 Å². The summed E-state index contributed by atoms with van der Waals surface area (Å²) in [4.78, 5) is 13.2. The largest absolute Gasteiger partial charge is 0.326 e. The second kappa shape index (κ2) is 5.81. The minimum atomic E-state index is -0.374. The molecular weight excluding hydrogens is 346 g/mol. The van der Waals surface area contributed by atoms with Gasteiger partial charge in [0.1, 0.15) is 23.0 Å². The molecule has 132 valence electrons. The van der Waals surface area contributed by atoms with E-state index in [2.05, 4.69) is 15.0 Å². The standard InChI is InChI=1S/C21H14F2N4/c1-12-15-5-3-7-17(23)20(15)26-18(24-12)9-8-14-11-27-10-13-4-2-6-16(22)19(13)21(27)25-14/h2-9,11H,10H2,1H3. The van der Waals surface area contributed by atoms with Gasteiger partial charge in [-0.15, -0.1) is 0 Å². The monoisotopic (exact) mass is 360 g/mol. The van der Waals surface area contributed by atoms with Crippen molar-refractivity contribution in [3.8, 4) is 11.4 Å². The van der Waals surface area contributed by atoms with Crippen LogP contribution in [0, 0.1) is 18.6 Å². The molecule has 0 saturated carbocycles. The first-order valence-electron chi connectivity index (χ1n) is 8.56. The highest BCUT2D eigenvalue weighted by Crippen LogP contribution is 2.33. The van der Waals surface area contributed by atoms with Gasteiger partial charge in [0.05, 0.1) is 11.3 Å².